The van der Waals surface area contributed by atoms with Crippen LogP contribution < -0.4 is 0 Å². The van der Waals surface area contributed by atoms with Gasteiger partial charge in [-0.3, -0.25) is 0 Å². The van der Waals surface area contributed by atoms with Crippen molar-refractivity contribution in [2.45, 2.75) is 0 Å². The molecule has 116 valence electrons. The van der Waals surface area contributed by atoms with E-state index in [0.717, 1.165) is 22.3 Å². The van der Waals surface area contributed by atoms with Gasteiger partial charge in [0.25, 0.3) is 0 Å². The lowest BCUT2D eigenvalue weighted by molar-refractivity contribution is 1.58. The fraction of sp³-hybridized carbons (Fsp3) is 0. The Balaban J connectivity index is 2.08. The van der Waals surface area contributed by atoms with E-state index in [9.17, 15) is 0 Å². The quantitative estimate of drug-likeness (QED) is 0.378. The summed E-state index contributed by atoms with van der Waals surface area (Å²) in [6, 6.07) is 17.1. The third-order valence-electron chi connectivity index (χ3n) is 3.43. The molecule has 0 heterocycles. The Labute approximate surface area is 159 Å². The molecule has 3 rings (SSSR count). The van der Waals surface area contributed by atoms with Crippen LogP contribution in [-0.2, 0) is 0 Å². The number of halogens is 5. The molecular weight excluding hydrogens is 393 g/mol. The first-order chi connectivity index (χ1) is 11.0. The lowest BCUT2D eigenvalue weighted by Crippen LogP contribution is -1.83. The van der Waals surface area contributed by atoms with Gasteiger partial charge in [0.15, 0.2) is 0 Å². The first kappa shape index (κ1) is 17.0. The third-order valence-corrected chi connectivity index (χ3v) is 5.37. The molecule has 5 heteroatoms. The van der Waals surface area contributed by atoms with Gasteiger partial charge in [-0.1, -0.05) is 82.3 Å². The summed E-state index contributed by atoms with van der Waals surface area (Å²) < 4.78 is 0. The third kappa shape index (κ3) is 3.63. The first-order valence-corrected chi connectivity index (χ1v) is 8.55. The predicted octanol–water partition coefficient (Wildman–Crippen LogP) is 8.29. The first-order valence-electron chi connectivity index (χ1n) is 6.66. The average molecular weight is 403 g/mol. The molecule has 23 heavy (non-hydrogen) atoms. The summed E-state index contributed by atoms with van der Waals surface area (Å²) in [5.74, 6) is 0. The van der Waals surface area contributed by atoms with Gasteiger partial charge in [0, 0.05) is 0 Å². The summed E-state index contributed by atoms with van der Waals surface area (Å²) in [5.41, 5.74) is 3.87. The monoisotopic (exact) mass is 400 g/mol. The van der Waals surface area contributed by atoms with E-state index in [1.807, 2.05) is 36.4 Å². The minimum atomic E-state index is 0.359. The van der Waals surface area contributed by atoms with E-state index in [2.05, 4.69) is 0 Å². The van der Waals surface area contributed by atoms with Crippen molar-refractivity contribution in [2.75, 3.05) is 0 Å². The maximum atomic E-state index is 6.12. The molecule has 0 spiro atoms. The van der Waals surface area contributed by atoms with Crippen molar-refractivity contribution in [3.05, 3.63) is 79.7 Å². The molecule has 0 aliphatic carbocycles. The highest BCUT2D eigenvalue weighted by Gasteiger charge is 2.09. The van der Waals surface area contributed by atoms with Crippen molar-refractivity contribution in [3.8, 4) is 22.3 Å². The van der Waals surface area contributed by atoms with Crippen molar-refractivity contribution in [2.24, 2.45) is 0 Å². The van der Waals surface area contributed by atoms with E-state index in [-0.39, 0.29) is 0 Å². The van der Waals surface area contributed by atoms with Gasteiger partial charge in [0.2, 0.25) is 0 Å². The number of benzene rings is 3. The Hall–Kier alpha value is -0.890. The molecule has 0 aliphatic heterocycles. The Morgan fingerprint density at radius 1 is 0.435 bits per heavy atom. The van der Waals surface area contributed by atoms with Crippen LogP contribution in [0.1, 0.15) is 0 Å². The van der Waals surface area contributed by atoms with E-state index in [1.54, 1.807) is 18.2 Å². The van der Waals surface area contributed by atoms with Gasteiger partial charge in [0.1, 0.15) is 0 Å². The summed E-state index contributed by atoms with van der Waals surface area (Å²) in [7, 11) is 0. The van der Waals surface area contributed by atoms with Gasteiger partial charge in [-0.15, -0.1) is 0 Å². The van der Waals surface area contributed by atoms with E-state index in [4.69, 9.17) is 58.0 Å². The zero-order chi connectivity index (χ0) is 16.6. The molecule has 0 N–H and O–H groups in total. The largest absolute Gasteiger partial charge is 0.0827 e. The minimum Gasteiger partial charge on any atom is -0.0827 e. The summed E-state index contributed by atoms with van der Waals surface area (Å²) in [6.07, 6.45) is 0. The lowest BCUT2D eigenvalue weighted by atomic mass is 9.99. The van der Waals surface area contributed by atoms with Crippen molar-refractivity contribution >= 4 is 58.0 Å². The summed E-state index contributed by atoms with van der Waals surface area (Å²) in [6.45, 7) is 0. The van der Waals surface area contributed by atoms with Gasteiger partial charge in [-0.2, -0.15) is 0 Å². The molecule has 3 aromatic rings. The molecule has 0 saturated heterocycles. The van der Waals surface area contributed by atoms with Crippen LogP contribution in [0.2, 0.25) is 25.1 Å². The lowest BCUT2D eigenvalue weighted by Gasteiger charge is -2.09. The molecule has 0 nitrogen and oxygen atoms in total. The van der Waals surface area contributed by atoms with Crippen LogP contribution in [0.5, 0.6) is 0 Å². The Bertz CT molecular complexity index is 863. The van der Waals surface area contributed by atoms with Gasteiger partial charge in [-0.05, 0) is 52.6 Å². The second-order valence-electron chi connectivity index (χ2n) is 4.96. The Morgan fingerprint density at radius 3 is 1.57 bits per heavy atom. The van der Waals surface area contributed by atoms with E-state index < -0.39 is 0 Å². The zero-order valence-corrected chi connectivity index (χ0v) is 15.4. The molecule has 0 bridgehead atoms. The summed E-state index contributed by atoms with van der Waals surface area (Å²) in [4.78, 5) is 0. The summed E-state index contributed by atoms with van der Waals surface area (Å²) >= 11 is 30.3. The van der Waals surface area contributed by atoms with Crippen LogP contribution in [0, 0.1) is 0 Å². The average Bonchev–Trinajstić information content (AvgIpc) is 2.55. The van der Waals surface area contributed by atoms with Crippen molar-refractivity contribution in [1.82, 2.24) is 0 Å². The number of hydrogen-bond donors (Lipinski definition) is 0. The van der Waals surface area contributed by atoms with Crippen LogP contribution in [0.15, 0.2) is 54.6 Å². The highest BCUT2D eigenvalue weighted by Crippen LogP contribution is 2.36. The van der Waals surface area contributed by atoms with E-state index >= 15 is 0 Å². The normalized spacial score (nSPS) is 10.8. The van der Waals surface area contributed by atoms with Crippen molar-refractivity contribution < 1.29 is 0 Å². The van der Waals surface area contributed by atoms with E-state index in [0.29, 0.717) is 25.1 Å². The molecule has 0 atom stereocenters. The molecule has 0 radical (unpaired) electrons. The zero-order valence-electron chi connectivity index (χ0n) is 11.6. The molecule has 0 saturated carbocycles. The SMILES string of the molecule is Clc1ccc(-c2cccc(-c3cc(Cl)c(Cl)c(Cl)c3)c2)cc1Cl. The predicted molar refractivity (Wildman–Crippen MR) is 102 cm³/mol. The van der Waals surface area contributed by atoms with Crippen LogP contribution in [0.3, 0.4) is 0 Å². The molecule has 0 aromatic heterocycles. The maximum absolute atomic E-state index is 6.12. The molecule has 0 unspecified atom stereocenters. The van der Waals surface area contributed by atoms with Gasteiger partial charge >= 0.3 is 0 Å². The Kier molecular flexibility index (Phi) is 5.10. The molecule has 0 fully saturated rings. The second kappa shape index (κ2) is 6.93. The number of rotatable bonds is 2. The van der Waals surface area contributed by atoms with Crippen molar-refractivity contribution in [1.29, 1.82) is 0 Å². The molecule has 3 aromatic carbocycles. The van der Waals surface area contributed by atoms with Crippen LogP contribution in [-0.4, -0.2) is 0 Å². The van der Waals surface area contributed by atoms with E-state index in [1.165, 1.54) is 0 Å². The molecule has 0 aliphatic rings. The maximum Gasteiger partial charge on any atom is 0.0778 e. The smallest absolute Gasteiger partial charge is 0.0778 e. The second-order valence-corrected chi connectivity index (χ2v) is 6.97. The molecular formula is C18H9Cl5. The topological polar surface area (TPSA) is 0 Å². The van der Waals surface area contributed by atoms with Gasteiger partial charge in [0.05, 0.1) is 25.1 Å². The highest BCUT2D eigenvalue weighted by molar-refractivity contribution is 6.48. The minimum absolute atomic E-state index is 0.359. The summed E-state index contributed by atoms with van der Waals surface area (Å²) in [5, 5.41) is 2.26. The molecule has 0 amide bonds. The van der Waals surface area contributed by atoms with Gasteiger partial charge in [-0.25, -0.2) is 0 Å². The Morgan fingerprint density at radius 2 is 0.957 bits per heavy atom. The van der Waals surface area contributed by atoms with Crippen LogP contribution in [0.25, 0.3) is 22.3 Å². The van der Waals surface area contributed by atoms with Gasteiger partial charge < -0.3 is 0 Å². The van der Waals surface area contributed by atoms with Crippen LogP contribution >= 0.6 is 58.0 Å². The fourth-order valence-corrected chi connectivity index (χ4v) is 3.17. The van der Waals surface area contributed by atoms with Crippen molar-refractivity contribution in [3.63, 3.8) is 0 Å². The standard InChI is InChI=1S/C18H9Cl5/c19-14-5-4-12(7-15(14)20)10-2-1-3-11(6-10)13-8-16(21)18(23)17(22)9-13/h1-9H. The fourth-order valence-electron chi connectivity index (χ4n) is 2.28. The highest BCUT2D eigenvalue weighted by atomic mass is 35.5. The number of hydrogen-bond acceptors (Lipinski definition) is 0. The van der Waals surface area contributed by atoms with Crippen LogP contribution in [0.4, 0.5) is 0 Å².